The predicted octanol–water partition coefficient (Wildman–Crippen LogP) is 3.68. The molecule has 164 valence electrons. The Morgan fingerprint density at radius 2 is 1.84 bits per heavy atom. The van der Waals surface area contributed by atoms with Crippen molar-refractivity contribution in [3.8, 4) is 10.6 Å². The smallest absolute Gasteiger partial charge is 0.277 e. The monoisotopic (exact) mass is 440 g/mol. The van der Waals surface area contributed by atoms with Crippen LogP contribution in [-0.2, 0) is 24.9 Å². The van der Waals surface area contributed by atoms with Gasteiger partial charge in [0.15, 0.2) is 0 Å². The van der Waals surface area contributed by atoms with Crippen molar-refractivity contribution < 1.29 is 9.53 Å². The van der Waals surface area contributed by atoms with E-state index in [0.29, 0.717) is 34.3 Å². The van der Waals surface area contributed by atoms with Gasteiger partial charge in [0, 0.05) is 13.6 Å². The zero-order valence-electron chi connectivity index (χ0n) is 18.8. The molecule has 7 nitrogen and oxygen atoms in total. The molecule has 2 heterocycles. The van der Waals surface area contributed by atoms with E-state index in [1.807, 2.05) is 52.0 Å². The van der Waals surface area contributed by atoms with Crippen LogP contribution in [-0.4, -0.2) is 26.8 Å². The maximum absolute atomic E-state index is 12.9. The first-order valence-electron chi connectivity index (χ1n) is 10.2. The summed E-state index contributed by atoms with van der Waals surface area (Å²) in [6.45, 7) is 10.4. The Bertz CT molecular complexity index is 1160. The summed E-state index contributed by atoms with van der Waals surface area (Å²) in [5, 5.41) is 7.73. The minimum Gasteiger partial charge on any atom is -0.374 e. The fourth-order valence-electron chi connectivity index (χ4n) is 3.20. The van der Waals surface area contributed by atoms with Gasteiger partial charge in [0.05, 0.1) is 29.7 Å². The summed E-state index contributed by atoms with van der Waals surface area (Å²) < 4.78 is 7.03. The van der Waals surface area contributed by atoms with E-state index in [1.165, 1.54) is 16.0 Å². The van der Waals surface area contributed by atoms with Gasteiger partial charge in [-0.3, -0.25) is 9.59 Å². The molecule has 0 fully saturated rings. The Balaban J connectivity index is 1.82. The quantitative estimate of drug-likeness (QED) is 0.606. The van der Waals surface area contributed by atoms with E-state index in [2.05, 4.69) is 15.4 Å². The van der Waals surface area contributed by atoms with Crippen molar-refractivity contribution in [1.29, 1.82) is 0 Å². The van der Waals surface area contributed by atoms with Crippen LogP contribution in [0, 0.1) is 20.8 Å². The Hall–Kier alpha value is -2.84. The average Bonchev–Trinajstić information content (AvgIpc) is 3.11. The molecule has 0 aliphatic heterocycles. The summed E-state index contributed by atoms with van der Waals surface area (Å²) >= 11 is 1.23. The van der Waals surface area contributed by atoms with Gasteiger partial charge in [-0.25, -0.2) is 9.67 Å². The van der Waals surface area contributed by atoms with E-state index in [-0.39, 0.29) is 17.6 Å². The number of nitrogens with zero attached hydrogens (tertiary/aromatic N) is 3. The van der Waals surface area contributed by atoms with Gasteiger partial charge in [0.2, 0.25) is 0 Å². The van der Waals surface area contributed by atoms with Crippen molar-refractivity contribution in [1.82, 2.24) is 20.1 Å². The van der Waals surface area contributed by atoms with Gasteiger partial charge in [-0.05, 0) is 51.3 Å². The van der Waals surface area contributed by atoms with Crippen LogP contribution in [0.5, 0.6) is 0 Å². The zero-order chi connectivity index (χ0) is 22.7. The lowest BCUT2D eigenvalue weighted by Crippen LogP contribution is -2.23. The van der Waals surface area contributed by atoms with Crippen LogP contribution in [0.3, 0.4) is 0 Å². The number of ether oxygens (including phenoxy) is 1. The molecule has 0 bridgehead atoms. The molecular formula is C23H28N4O3S. The number of hydrogen-bond acceptors (Lipinski definition) is 6. The number of amides is 1. The topological polar surface area (TPSA) is 86.1 Å². The molecule has 2 aromatic heterocycles. The second-order valence-electron chi connectivity index (χ2n) is 7.76. The van der Waals surface area contributed by atoms with Gasteiger partial charge in [0.1, 0.15) is 9.88 Å². The molecule has 31 heavy (non-hydrogen) atoms. The first kappa shape index (κ1) is 22.8. The van der Waals surface area contributed by atoms with Crippen LogP contribution in [0.2, 0.25) is 0 Å². The fourth-order valence-corrected chi connectivity index (χ4v) is 4.27. The molecule has 0 saturated heterocycles. The Morgan fingerprint density at radius 1 is 1.16 bits per heavy atom. The molecule has 3 rings (SSSR count). The van der Waals surface area contributed by atoms with E-state index in [0.717, 1.165) is 22.4 Å². The summed E-state index contributed by atoms with van der Waals surface area (Å²) in [7, 11) is 1.62. The number of hydrogen-bond donors (Lipinski definition) is 1. The largest absolute Gasteiger partial charge is 0.374 e. The van der Waals surface area contributed by atoms with E-state index in [9.17, 15) is 9.59 Å². The standard InChI is InChI=1S/C23H28N4O3S/c1-13(2)30-12-18-10-8-7-9-17(18)11-24-21(28)20-16(5)25-22(31-20)19-14(3)15(4)26-27(6)23(19)29/h7-10,13H,11-12H2,1-6H3,(H,24,28). The van der Waals surface area contributed by atoms with E-state index in [4.69, 9.17) is 4.74 Å². The summed E-state index contributed by atoms with van der Waals surface area (Å²) in [5.74, 6) is -0.207. The van der Waals surface area contributed by atoms with Crippen molar-refractivity contribution in [2.75, 3.05) is 0 Å². The van der Waals surface area contributed by atoms with E-state index in [1.54, 1.807) is 14.0 Å². The lowest BCUT2D eigenvalue weighted by atomic mass is 10.1. The number of carbonyl (C=O) groups excluding carboxylic acids is 1. The zero-order valence-corrected chi connectivity index (χ0v) is 19.6. The second-order valence-corrected chi connectivity index (χ2v) is 8.76. The van der Waals surface area contributed by atoms with Gasteiger partial charge in [0.25, 0.3) is 11.5 Å². The van der Waals surface area contributed by atoms with Gasteiger partial charge in [-0.2, -0.15) is 5.10 Å². The van der Waals surface area contributed by atoms with Crippen molar-refractivity contribution in [3.05, 3.63) is 67.6 Å². The van der Waals surface area contributed by atoms with E-state index >= 15 is 0 Å². The Morgan fingerprint density at radius 3 is 2.52 bits per heavy atom. The summed E-state index contributed by atoms with van der Waals surface area (Å²) in [5.41, 5.74) is 4.48. The van der Waals surface area contributed by atoms with Gasteiger partial charge in [-0.15, -0.1) is 11.3 Å². The third kappa shape index (κ3) is 5.08. The predicted molar refractivity (Wildman–Crippen MR) is 122 cm³/mol. The van der Waals surface area contributed by atoms with Crippen LogP contribution in [0.1, 0.15) is 51.6 Å². The third-order valence-corrected chi connectivity index (χ3v) is 6.25. The molecule has 1 N–H and O–H groups in total. The lowest BCUT2D eigenvalue weighted by Gasteiger charge is -2.12. The third-order valence-electron chi connectivity index (χ3n) is 5.07. The Kier molecular flexibility index (Phi) is 7.02. The number of carbonyl (C=O) groups is 1. The summed E-state index contributed by atoms with van der Waals surface area (Å²) in [4.78, 5) is 30.6. The average molecular weight is 441 g/mol. The molecule has 0 unspecified atom stereocenters. The Labute approximate surface area is 186 Å². The maximum Gasteiger partial charge on any atom is 0.277 e. The molecule has 0 aliphatic rings. The fraction of sp³-hybridized carbons (Fsp3) is 0.391. The maximum atomic E-state index is 12.9. The number of benzene rings is 1. The molecule has 0 saturated carbocycles. The van der Waals surface area contributed by atoms with Crippen molar-refractivity contribution in [3.63, 3.8) is 0 Å². The van der Waals surface area contributed by atoms with Crippen LogP contribution in [0.4, 0.5) is 0 Å². The van der Waals surface area contributed by atoms with Crippen LogP contribution in [0.25, 0.3) is 10.6 Å². The highest BCUT2D eigenvalue weighted by atomic mass is 32.1. The number of thiazole rings is 1. The van der Waals surface area contributed by atoms with Gasteiger partial charge >= 0.3 is 0 Å². The molecule has 1 amide bonds. The van der Waals surface area contributed by atoms with E-state index < -0.39 is 0 Å². The van der Waals surface area contributed by atoms with Gasteiger partial charge < -0.3 is 10.1 Å². The SMILES string of the molecule is Cc1nc(-c2c(C)c(C)nn(C)c2=O)sc1C(=O)NCc1ccccc1COC(C)C. The van der Waals surface area contributed by atoms with Crippen molar-refractivity contribution in [2.45, 2.75) is 53.9 Å². The first-order chi connectivity index (χ1) is 14.7. The minimum atomic E-state index is -0.220. The summed E-state index contributed by atoms with van der Waals surface area (Å²) in [6.07, 6.45) is 0.133. The number of rotatable bonds is 7. The van der Waals surface area contributed by atoms with Gasteiger partial charge in [-0.1, -0.05) is 24.3 Å². The van der Waals surface area contributed by atoms with Crippen LogP contribution in [0.15, 0.2) is 29.1 Å². The minimum absolute atomic E-state index is 0.133. The van der Waals surface area contributed by atoms with Crippen LogP contribution < -0.4 is 10.9 Å². The molecule has 0 aliphatic carbocycles. The lowest BCUT2D eigenvalue weighted by molar-refractivity contribution is 0.0651. The summed E-state index contributed by atoms with van der Waals surface area (Å²) in [6, 6.07) is 7.89. The second kappa shape index (κ2) is 9.53. The first-order valence-corrected chi connectivity index (χ1v) is 11.0. The molecule has 0 atom stereocenters. The van der Waals surface area contributed by atoms with Crippen molar-refractivity contribution in [2.24, 2.45) is 7.05 Å². The molecular weight excluding hydrogens is 412 g/mol. The van der Waals surface area contributed by atoms with Crippen molar-refractivity contribution >= 4 is 17.2 Å². The molecule has 0 spiro atoms. The normalized spacial score (nSPS) is 11.2. The highest BCUT2D eigenvalue weighted by molar-refractivity contribution is 7.17. The number of aryl methyl sites for hydroxylation is 3. The molecule has 8 heteroatoms. The van der Waals surface area contributed by atoms with Crippen LogP contribution >= 0.6 is 11.3 Å². The highest BCUT2D eigenvalue weighted by Crippen LogP contribution is 2.28. The molecule has 0 radical (unpaired) electrons. The molecule has 3 aromatic rings. The number of aromatic nitrogens is 3. The number of nitrogens with one attached hydrogen (secondary N) is 1. The highest BCUT2D eigenvalue weighted by Gasteiger charge is 2.21. The molecule has 1 aromatic carbocycles.